The summed E-state index contributed by atoms with van der Waals surface area (Å²) in [5.41, 5.74) is 7.85. The monoisotopic (exact) mass is 324 g/mol. The number of rotatable bonds is 4. The first kappa shape index (κ1) is 15.3. The first-order chi connectivity index (χ1) is 11.1. The van der Waals surface area contributed by atoms with Gasteiger partial charge in [-0.05, 0) is 44.2 Å². The van der Waals surface area contributed by atoms with Gasteiger partial charge in [-0.2, -0.15) is 10.2 Å². The number of halogens is 1. The Hall–Kier alpha value is -2.59. The van der Waals surface area contributed by atoms with Crippen LogP contribution in [-0.4, -0.2) is 16.0 Å². The van der Waals surface area contributed by atoms with Crippen LogP contribution in [0.1, 0.15) is 17.0 Å². The van der Waals surface area contributed by atoms with Crippen molar-refractivity contribution in [3.05, 3.63) is 76.6 Å². The van der Waals surface area contributed by atoms with Crippen LogP contribution in [0.2, 0.25) is 5.02 Å². The van der Waals surface area contributed by atoms with E-state index in [1.54, 1.807) is 6.21 Å². The summed E-state index contributed by atoms with van der Waals surface area (Å²) in [6.07, 6.45) is 1.79. The van der Waals surface area contributed by atoms with Crippen LogP contribution in [0.15, 0.2) is 59.7 Å². The summed E-state index contributed by atoms with van der Waals surface area (Å²) in [6, 6.07) is 17.5. The van der Waals surface area contributed by atoms with E-state index in [0.717, 1.165) is 28.3 Å². The van der Waals surface area contributed by atoms with Crippen molar-refractivity contribution in [1.29, 1.82) is 0 Å². The largest absolute Gasteiger partial charge is 0.278 e. The van der Waals surface area contributed by atoms with Crippen molar-refractivity contribution in [3.63, 3.8) is 0 Å². The molecule has 116 valence electrons. The Bertz CT molecular complexity index is 837. The summed E-state index contributed by atoms with van der Waals surface area (Å²) >= 11 is 5.96. The molecule has 0 fully saturated rings. The maximum Gasteiger partial charge on any atom is 0.0689 e. The fourth-order valence-electron chi connectivity index (χ4n) is 2.39. The molecule has 0 amide bonds. The molecule has 0 bridgehead atoms. The molecule has 0 unspecified atom stereocenters. The number of hydrazone groups is 1. The zero-order valence-corrected chi connectivity index (χ0v) is 13.7. The van der Waals surface area contributed by atoms with Gasteiger partial charge in [-0.15, -0.1) is 0 Å². The summed E-state index contributed by atoms with van der Waals surface area (Å²) in [5.74, 6) is 0. The Kier molecular flexibility index (Phi) is 4.44. The van der Waals surface area contributed by atoms with E-state index in [-0.39, 0.29) is 0 Å². The van der Waals surface area contributed by atoms with E-state index in [4.69, 9.17) is 11.6 Å². The highest BCUT2D eigenvalue weighted by molar-refractivity contribution is 6.30. The Morgan fingerprint density at radius 3 is 2.61 bits per heavy atom. The minimum atomic E-state index is 0.675. The summed E-state index contributed by atoms with van der Waals surface area (Å²) in [7, 11) is 0. The van der Waals surface area contributed by atoms with E-state index >= 15 is 0 Å². The van der Waals surface area contributed by atoms with E-state index in [9.17, 15) is 0 Å². The maximum atomic E-state index is 5.96. The molecule has 0 saturated heterocycles. The number of nitrogens with one attached hydrogen (secondary N) is 1. The molecule has 1 heterocycles. The van der Waals surface area contributed by atoms with Crippen LogP contribution in [0, 0.1) is 13.8 Å². The molecule has 0 radical (unpaired) electrons. The first-order valence-corrected chi connectivity index (χ1v) is 7.69. The molecule has 2 aromatic carbocycles. The second kappa shape index (κ2) is 6.67. The third-order valence-electron chi connectivity index (χ3n) is 3.56. The van der Waals surface area contributed by atoms with E-state index in [2.05, 4.69) is 15.6 Å². The van der Waals surface area contributed by atoms with E-state index in [0.29, 0.717) is 5.02 Å². The highest BCUT2D eigenvalue weighted by Crippen LogP contribution is 2.17. The predicted octanol–water partition coefficient (Wildman–Crippen LogP) is 4.59. The molecule has 4 nitrogen and oxygen atoms in total. The van der Waals surface area contributed by atoms with Gasteiger partial charge in [0.05, 0.1) is 29.0 Å². The molecule has 0 aliphatic carbocycles. The molecule has 0 aliphatic heterocycles. The van der Waals surface area contributed by atoms with Gasteiger partial charge in [0.2, 0.25) is 0 Å². The van der Waals surface area contributed by atoms with Crippen molar-refractivity contribution in [2.24, 2.45) is 5.10 Å². The predicted molar refractivity (Wildman–Crippen MR) is 95.7 cm³/mol. The van der Waals surface area contributed by atoms with Crippen LogP contribution in [0.25, 0.3) is 5.69 Å². The molecule has 1 N–H and O–H groups in total. The number of aromatic nitrogens is 2. The lowest BCUT2D eigenvalue weighted by atomic mass is 10.2. The van der Waals surface area contributed by atoms with Crippen molar-refractivity contribution in [1.82, 2.24) is 9.78 Å². The Balaban J connectivity index is 1.83. The van der Waals surface area contributed by atoms with Crippen LogP contribution < -0.4 is 5.43 Å². The summed E-state index contributed by atoms with van der Waals surface area (Å²) in [4.78, 5) is 0. The van der Waals surface area contributed by atoms with Crippen LogP contribution in [0.3, 0.4) is 0 Å². The number of aryl methyl sites for hydroxylation is 1. The quantitative estimate of drug-likeness (QED) is 0.563. The van der Waals surface area contributed by atoms with Crippen molar-refractivity contribution < 1.29 is 0 Å². The second-order valence-corrected chi connectivity index (χ2v) is 5.65. The molecular weight excluding hydrogens is 308 g/mol. The van der Waals surface area contributed by atoms with Gasteiger partial charge >= 0.3 is 0 Å². The summed E-state index contributed by atoms with van der Waals surface area (Å²) in [5, 5.41) is 9.57. The lowest BCUT2D eigenvalue weighted by Gasteiger charge is -2.03. The molecule has 5 heteroatoms. The third-order valence-corrected chi connectivity index (χ3v) is 3.80. The van der Waals surface area contributed by atoms with Crippen LogP contribution in [0.5, 0.6) is 0 Å². The van der Waals surface area contributed by atoms with Crippen molar-refractivity contribution in [3.8, 4) is 5.69 Å². The van der Waals surface area contributed by atoms with Crippen molar-refractivity contribution >= 4 is 23.5 Å². The zero-order chi connectivity index (χ0) is 16.2. The number of anilines is 1. The molecule has 3 rings (SSSR count). The van der Waals surface area contributed by atoms with Gasteiger partial charge in [0, 0.05) is 10.6 Å². The average Bonchev–Trinajstić information content (AvgIpc) is 2.84. The minimum absolute atomic E-state index is 0.675. The van der Waals surface area contributed by atoms with Crippen LogP contribution >= 0.6 is 11.6 Å². The first-order valence-electron chi connectivity index (χ1n) is 7.31. The fraction of sp³-hybridized carbons (Fsp3) is 0.111. The zero-order valence-electron chi connectivity index (χ0n) is 13.0. The average molecular weight is 325 g/mol. The number of hydrogen-bond acceptors (Lipinski definition) is 3. The number of nitrogens with zero attached hydrogens (tertiary/aromatic N) is 3. The lowest BCUT2D eigenvalue weighted by Crippen LogP contribution is -1.99. The maximum absolute atomic E-state index is 5.96. The van der Waals surface area contributed by atoms with Crippen molar-refractivity contribution in [2.75, 3.05) is 5.43 Å². The third kappa shape index (κ3) is 3.43. The van der Waals surface area contributed by atoms with Gasteiger partial charge in [0.15, 0.2) is 0 Å². The van der Waals surface area contributed by atoms with Gasteiger partial charge < -0.3 is 0 Å². The molecule has 0 spiro atoms. The van der Waals surface area contributed by atoms with Crippen LogP contribution in [-0.2, 0) is 0 Å². The summed E-state index contributed by atoms with van der Waals surface area (Å²) < 4.78 is 1.93. The van der Waals surface area contributed by atoms with Gasteiger partial charge in [0.25, 0.3) is 0 Å². The SMILES string of the molecule is Cc1nn(-c2ccccc2)c(C)c1/C=N\Nc1cccc(Cl)c1. The summed E-state index contributed by atoms with van der Waals surface area (Å²) in [6.45, 7) is 4.01. The van der Waals surface area contributed by atoms with Gasteiger partial charge in [-0.3, -0.25) is 5.43 Å². The Labute approximate surface area is 140 Å². The smallest absolute Gasteiger partial charge is 0.0689 e. The lowest BCUT2D eigenvalue weighted by molar-refractivity contribution is 0.833. The van der Waals surface area contributed by atoms with Gasteiger partial charge in [-0.1, -0.05) is 35.9 Å². The molecule has 0 atom stereocenters. The highest BCUT2D eigenvalue weighted by atomic mass is 35.5. The van der Waals surface area contributed by atoms with E-state index < -0.39 is 0 Å². The highest BCUT2D eigenvalue weighted by Gasteiger charge is 2.10. The van der Waals surface area contributed by atoms with Gasteiger partial charge in [0.1, 0.15) is 0 Å². The topological polar surface area (TPSA) is 42.2 Å². The van der Waals surface area contributed by atoms with Crippen molar-refractivity contribution in [2.45, 2.75) is 13.8 Å². The molecule has 3 aromatic rings. The number of benzene rings is 2. The normalized spacial score (nSPS) is 11.1. The van der Waals surface area contributed by atoms with E-state index in [1.807, 2.05) is 73.1 Å². The molecular formula is C18H17ClN4. The van der Waals surface area contributed by atoms with Gasteiger partial charge in [-0.25, -0.2) is 4.68 Å². The molecule has 0 aliphatic rings. The van der Waals surface area contributed by atoms with E-state index in [1.165, 1.54) is 0 Å². The molecule has 1 aromatic heterocycles. The number of hydrogen-bond donors (Lipinski definition) is 1. The fourth-order valence-corrected chi connectivity index (χ4v) is 2.58. The Morgan fingerprint density at radius 2 is 1.87 bits per heavy atom. The minimum Gasteiger partial charge on any atom is -0.278 e. The number of para-hydroxylation sites is 1. The standard InChI is InChI=1S/C18H17ClN4/c1-13-18(12-20-21-16-8-6-7-15(19)11-16)14(2)23(22-13)17-9-4-3-5-10-17/h3-12,21H,1-2H3/b20-12-. The second-order valence-electron chi connectivity index (χ2n) is 5.21. The molecule has 0 saturated carbocycles. The molecule has 23 heavy (non-hydrogen) atoms. The van der Waals surface area contributed by atoms with Crippen LogP contribution in [0.4, 0.5) is 5.69 Å². The Morgan fingerprint density at radius 1 is 1.09 bits per heavy atom.